The van der Waals surface area contributed by atoms with Crippen molar-refractivity contribution in [2.75, 3.05) is 0 Å². The van der Waals surface area contributed by atoms with Crippen LogP contribution >= 0.6 is 22.6 Å². The molecule has 98 valence electrons. The highest BCUT2D eigenvalue weighted by molar-refractivity contribution is 14.1. The highest BCUT2D eigenvalue weighted by Crippen LogP contribution is 2.22. The molecule has 0 saturated carbocycles. The van der Waals surface area contributed by atoms with Crippen LogP contribution in [0.2, 0.25) is 0 Å². The molecule has 2 heteroatoms. The van der Waals surface area contributed by atoms with Gasteiger partial charge in [-0.3, -0.25) is 4.99 Å². The molecule has 19 heavy (non-hydrogen) atoms. The fourth-order valence-corrected chi connectivity index (χ4v) is 2.38. The summed E-state index contributed by atoms with van der Waals surface area (Å²) < 4.78 is 1.22. The van der Waals surface area contributed by atoms with E-state index in [4.69, 9.17) is 0 Å². The van der Waals surface area contributed by atoms with Gasteiger partial charge in [-0.15, -0.1) is 0 Å². The highest BCUT2D eigenvalue weighted by atomic mass is 127. The third kappa shape index (κ3) is 3.90. The van der Waals surface area contributed by atoms with Crippen LogP contribution in [-0.4, -0.2) is 6.21 Å². The van der Waals surface area contributed by atoms with Crippen molar-refractivity contribution in [3.63, 3.8) is 0 Å². The van der Waals surface area contributed by atoms with Crippen LogP contribution in [0.1, 0.15) is 37.3 Å². The van der Waals surface area contributed by atoms with Crippen molar-refractivity contribution in [1.82, 2.24) is 0 Å². The Kier molecular flexibility index (Phi) is 5.14. The first-order valence-electron chi connectivity index (χ1n) is 6.59. The van der Waals surface area contributed by atoms with E-state index in [2.05, 4.69) is 77.8 Å². The molecule has 0 aliphatic rings. The monoisotopic (exact) mass is 363 g/mol. The molecule has 0 N–H and O–H groups in total. The van der Waals surface area contributed by atoms with E-state index in [0.717, 1.165) is 11.3 Å². The van der Waals surface area contributed by atoms with Crippen LogP contribution in [-0.2, 0) is 0 Å². The molecule has 0 aliphatic heterocycles. The van der Waals surface area contributed by atoms with Gasteiger partial charge in [-0.25, -0.2) is 0 Å². The van der Waals surface area contributed by atoms with Crippen LogP contribution in [0.4, 0.5) is 5.69 Å². The molecule has 0 bridgehead atoms. The molecule has 0 amide bonds. The second-order valence-corrected chi connectivity index (χ2v) is 5.84. The summed E-state index contributed by atoms with van der Waals surface area (Å²) in [5.74, 6) is 0.619. The van der Waals surface area contributed by atoms with Crippen LogP contribution in [0.25, 0.3) is 0 Å². The molecule has 0 fully saturated rings. The van der Waals surface area contributed by atoms with Gasteiger partial charge in [0.05, 0.1) is 5.69 Å². The summed E-state index contributed by atoms with van der Waals surface area (Å²) in [4.78, 5) is 4.53. The minimum Gasteiger partial charge on any atom is -0.256 e. The standard InChI is InChI=1S/C17H18IN/c1-3-13(2)14-8-10-16(11-9-14)19-12-15-6-4-5-7-17(15)18/h4-13H,3H2,1-2H3/t13-/m1/s1. The van der Waals surface area contributed by atoms with Gasteiger partial charge in [0.2, 0.25) is 0 Å². The van der Waals surface area contributed by atoms with Crippen LogP contribution in [0.5, 0.6) is 0 Å². The summed E-state index contributed by atoms with van der Waals surface area (Å²) in [5.41, 5.74) is 3.55. The summed E-state index contributed by atoms with van der Waals surface area (Å²) in [7, 11) is 0. The Labute approximate surface area is 128 Å². The van der Waals surface area contributed by atoms with Crippen LogP contribution < -0.4 is 0 Å². The third-order valence-electron chi connectivity index (χ3n) is 3.33. The number of hydrogen-bond donors (Lipinski definition) is 0. The Hall–Kier alpha value is -1.16. The zero-order valence-corrected chi connectivity index (χ0v) is 13.5. The molecular weight excluding hydrogens is 345 g/mol. The van der Waals surface area contributed by atoms with Crippen LogP contribution in [0.3, 0.4) is 0 Å². The second-order valence-electron chi connectivity index (χ2n) is 4.68. The number of halogens is 1. The van der Waals surface area contributed by atoms with Gasteiger partial charge in [-0.1, -0.05) is 44.2 Å². The van der Waals surface area contributed by atoms with Gasteiger partial charge in [-0.05, 0) is 58.7 Å². The van der Waals surface area contributed by atoms with E-state index in [-0.39, 0.29) is 0 Å². The molecule has 0 radical (unpaired) electrons. The highest BCUT2D eigenvalue weighted by Gasteiger charge is 2.01. The predicted octanol–water partition coefficient (Wildman–Crippen LogP) is 5.56. The largest absolute Gasteiger partial charge is 0.256 e. The van der Waals surface area contributed by atoms with Crippen molar-refractivity contribution in [3.8, 4) is 0 Å². The Morgan fingerprint density at radius 2 is 1.79 bits per heavy atom. The predicted molar refractivity (Wildman–Crippen MR) is 91.6 cm³/mol. The van der Waals surface area contributed by atoms with Gasteiger partial charge in [0.15, 0.2) is 0 Å². The van der Waals surface area contributed by atoms with E-state index in [1.807, 2.05) is 18.3 Å². The zero-order chi connectivity index (χ0) is 13.7. The van der Waals surface area contributed by atoms with Gasteiger partial charge in [0.1, 0.15) is 0 Å². The number of benzene rings is 2. The molecule has 2 aromatic rings. The van der Waals surface area contributed by atoms with Crippen molar-refractivity contribution in [1.29, 1.82) is 0 Å². The molecule has 0 aromatic heterocycles. The van der Waals surface area contributed by atoms with Crippen LogP contribution in [0, 0.1) is 3.57 Å². The van der Waals surface area contributed by atoms with Crippen molar-refractivity contribution >= 4 is 34.5 Å². The Morgan fingerprint density at radius 3 is 2.42 bits per heavy atom. The lowest BCUT2D eigenvalue weighted by Gasteiger charge is -2.08. The first-order chi connectivity index (χ1) is 9.20. The molecule has 0 saturated heterocycles. The number of nitrogens with zero attached hydrogens (tertiary/aromatic N) is 1. The molecule has 1 atom stereocenters. The fraction of sp³-hybridized carbons (Fsp3) is 0.235. The average molecular weight is 363 g/mol. The first-order valence-corrected chi connectivity index (χ1v) is 7.67. The van der Waals surface area contributed by atoms with Gasteiger partial charge in [0, 0.05) is 15.3 Å². The summed E-state index contributed by atoms with van der Waals surface area (Å²) >= 11 is 2.33. The molecule has 0 unspecified atom stereocenters. The summed E-state index contributed by atoms with van der Waals surface area (Å²) in [6, 6.07) is 16.8. The van der Waals surface area contributed by atoms with E-state index in [0.29, 0.717) is 5.92 Å². The maximum atomic E-state index is 4.53. The fourth-order valence-electron chi connectivity index (χ4n) is 1.85. The van der Waals surface area contributed by atoms with E-state index in [1.54, 1.807) is 0 Å². The van der Waals surface area contributed by atoms with Gasteiger partial charge >= 0.3 is 0 Å². The van der Waals surface area contributed by atoms with Gasteiger partial charge < -0.3 is 0 Å². The van der Waals surface area contributed by atoms with E-state index >= 15 is 0 Å². The lowest BCUT2D eigenvalue weighted by Crippen LogP contribution is -1.89. The topological polar surface area (TPSA) is 12.4 Å². The summed E-state index contributed by atoms with van der Waals surface area (Å²) in [6.45, 7) is 4.47. The van der Waals surface area contributed by atoms with E-state index in [1.165, 1.54) is 15.6 Å². The lowest BCUT2D eigenvalue weighted by molar-refractivity contribution is 0.734. The van der Waals surface area contributed by atoms with Gasteiger partial charge in [-0.2, -0.15) is 0 Å². The molecule has 2 rings (SSSR count). The van der Waals surface area contributed by atoms with Crippen molar-refractivity contribution in [2.45, 2.75) is 26.2 Å². The van der Waals surface area contributed by atoms with E-state index in [9.17, 15) is 0 Å². The molecular formula is C17H18IN. The van der Waals surface area contributed by atoms with Crippen molar-refractivity contribution in [3.05, 3.63) is 63.2 Å². The van der Waals surface area contributed by atoms with E-state index < -0.39 is 0 Å². The molecule has 1 nitrogen and oxygen atoms in total. The second kappa shape index (κ2) is 6.85. The smallest absolute Gasteiger partial charge is 0.0630 e. The Bertz CT molecular complexity index is 558. The van der Waals surface area contributed by atoms with Crippen molar-refractivity contribution < 1.29 is 0 Å². The minimum absolute atomic E-state index is 0.619. The Morgan fingerprint density at radius 1 is 1.11 bits per heavy atom. The third-order valence-corrected chi connectivity index (χ3v) is 4.31. The molecule has 0 heterocycles. The lowest BCUT2D eigenvalue weighted by atomic mass is 9.99. The number of hydrogen-bond acceptors (Lipinski definition) is 1. The normalized spacial score (nSPS) is 12.8. The SMILES string of the molecule is CC[C@@H](C)c1ccc(N=Cc2ccccc2I)cc1. The van der Waals surface area contributed by atoms with Crippen molar-refractivity contribution in [2.24, 2.45) is 4.99 Å². The van der Waals surface area contributed by atoms with Crippen LogP contribution in [0.15, 0.2) is 53.5 Å². The summed E-state index contributed by atoms with van der Waals surface area (Å²) in [5, 5.41) is 0. The zero-order valence-electron chi connectivity index (χ0n) is 11.3. The first kappa shape index (κ1) is 14.3. The number of aliphatic imine (C=N–C) groups is 1. The quantitative estimate of drug-likeness (QED) is 0.499. The maximum absolute atomic E-state index is 4.53. The Balaban J connectivity index is 2.14. The average Bonchev–Trinajstić information content (AvgIpc) is 2.46. The molecule has 0 spiro atoms. The minimum atomic E-state index is 0.619. The molecule has 0 aliphatic carbocycles. The molecule has 2 aromatic carbocycles. The van der Waals surface area contributed by atoms with Gasteiger partial charge in [0.25, 0.3) is 0 Å². The summed E-state index contributed by atoms with van der Waals surface area (Å²) in [6.07, 6.45) is 3.10. The maximum Gasteiger partial charge on any atom is 0.0630 e. The number of rotatable bonds is 4.